The van der Waals surface area contributed by atoms with E-state index in [2.05, 4.69) is 27.1 Å². The maximum atomic E-state index is 12.5. The van der Waals surface area contributed by atoms with Crippen molar-refractivity contribution in [1.29, 1.82) is 0 Å². The van der Waals surface area contributed by atoms with Gasteiger partial charge in [0.1, 0.15) is 4.88 Å². The van der Waals surface area contributed by atoms with Crippen LogP contribution in [0.3, 0.4) is 0 Å². The van der Waals surface area contributed by atoms with Gasteiger partial charge in [0.05, 0.1) is 5.69 Å². The number of carbonyl (C=O) groups excluding carboxylic acids is 1. The molecule has 1 amide bonds. The summed E-state index contributed by atoms with van der Waals surface area (Å²) in [5, 5.41) is 6.57. The molecule has 1 atom stereocenters. The molecular formula is C13H15N3OS3. The van der Waals surface area contributed by atoms with Crippen molar-refractivity contribution in [3.8, 4) is 0 Å². The molecule has 0 unspecified atom stereocenters. The van der Waals surface area contributed by atoms with Gasteiger partial charge in [0.2, 0.25) is 0 Å². The van der Waals surface area contributed by atoms with Gasteiger partial charge in [-0.15, -0.1) is 16.4 Å². The third-order valence-corrected chi connectivity index (χ3v) is 6.60. The highest BCUT2D eigenvalue weighted by Gasteiger charge is 2.25. The SMILES string of the molecule is Cc1nnsc1C(=O)N1CCS[C@H](c2cccs2)CC1. The first-order valence-corrected chi connectivity index (χ1v) is 9.19. The molecule has 106 valence electrons. The molecule has 0 aromatic carbocycles. The summed E-state index contributed by atoms with van der Waals surface area (Å²) in [7, 11) is 0. The highest BCUT2D eigenvalue weighted by molar-refractivity contribution is 7.99. The summed E-state index contributed by atoms with van der Waals surface area (Å²) in [5.74, 6) is 1.07. The minimum absolute atomic E-state index is 0.0879. The predicted molar refractivity (Wildman–Crippen MR) is 84.7 cm³/mol. The van der Waals surface area contributed by atoms with Crippen LogP contribution in [0.25, 0.3) is 0 Å². The second-order valence-corrected chi connectivity index (χ2v) is 7.69. The minimum atomic E-state index is 0.0879. The second-order valence-electron chi connectivity index (χ2n) is 4.64. The quantitative estimate of drug-likeness (QED) is 0.850. The largest absolute Gasteiger partial charge is 0.337 e. The van der Waals surface area contributed by atoms with Gasteiger partial charge in [-0.2, -0.15) is 11.8 Å². The Morgan fingerprint density at radius 1 is 1.45 bits per heavy atom. The molecule has 3 heterocycles. The summed E-state index contributed by atoms with van der Waals surface area (Å²) in [6.45, 7) is 3.46. The normalized spacial score (nSPS) is 19.9. The molecule has 0 bridgehead atoms. The second kappa shape index (κ2) is 6.24. The van der Waals surface area contributed by atoms with Crippen LogP contribution in [0.5, 0.6) is 0 Å². The average Bonchev–Trinajstić information content (AvgIpc) is 3.05. The molecule has 20 heavy (non-hydrogen) atoms. The molecule has 0 spiro atoms. The molecular weight excluding hydrogens is 310 g/mol. The van der Waals surface area contributed by atoms with Gasteiger partial charge >= 0.3 is 0 Å². The number of aryl methyl sites for hydroxylation is 1. The first kappa shape index (κ1) is 14.0. The molecule has 3 rings (SSSR count). The Kier molecular flexibility index (Phi) is 4.38. The fourth-order valence-corrected chi connectivity index (χ4v) is 5.11. The van der Waals surface area contributed by atoms with E-state index in [9.17, 15) is 4.79 Å². The zero-order valence-electron chi connectivity index (χ0n) is 11.1. The van der Waals surface area contributed by atoms with Crippen molar-refractivity contribution in [3.05, 3.63) is 33.0 Å². The van der Waals surface area contributed by atoms with Crippen LogP contribution in [-0.2, 0) is 0 Å². The Labute approximate surface area is 130 Å². The van der Waals surface area contributed by atoms with Gasteiger partial charge in [-0.05, 0) is 36.3 Å². The van der Waals surface area contributed by atoms with E-state index >= 15 is 0 Å². The third-order valence-electron chi connectivity index (χ3n) is 3.33. The fourth-order valence-electron chi connectivity index (χ4n) is 2.25. The molecule has 4 nitrogen and oxygen atoms in total. The Hall–Kier alpha value is -0.920. The zero-order chi connectivity index (χ0) is 13.9. The van der Waals surface area contributed by atoms with Crippen molar-refractivity contribution < 1.29 is 4.79 Å². The van der Waals surface area contributed by atoms with Gasteiger partial charge in [0.15, 0.2) is 0 Å². The number of thioether (sulfide) groups is 1. The topological polar surface area (TPSA) is 46.1 Å². The van der Waals surface area contributed by atoms with Gasteiger partial charge in [-0.1, -0.05) is 10.6 Å². The molecule has 1 fully saturated rings. The van der Waals surface area contributed by atoms with Crippen LogP contribution in [0.2, 0.25) is 0 Å². The van der Waals surface area contributed by atoms with Gasteiger partial charge in [-0.3, -0.25) is 4.79 Å². The standard InChI is InChI=1S/C13H15N3OS3/c1-9-12(20-15-14-9)13(17)16-5-4-11(19-8-6-16)10-3-2-7-18-10/h2-3,7,11H,4-6,8H2,1H3/t11-/m0/s1. The molecule has 1 aliphatic heterocycles. The fraction of sp³-hybridized carbons (Fsp3) is 0.462. The van der Waals surface area contributed by atoms with E-state index in [1.807, 2.05) is 23.6 Å². The number of carbonyl (C=O) groups is 1. The van der Waals surface area contributed by atoms with Crippen LogP contribution >= 0.6 is 34.6 Å². The zero-order valence-corrected chi connectivity index (χ0v) is 13.6. The Morgan fingerprint density at radius 2 is 2.35 bits per heavy atom. The van der Waals surface area contributed by atoms with Gasteiger partial charge in [0.25, 0.3) is 5.91 Å². The van der Waals surface area contributed by atoms with Crippen LogP contribution in [0, 0.1) is 6.92 Å². The predicted octanol–water partition coefficient (Wildman–Crippen LogP) is 3.23. The minimum Gasteiger partial charge on any atom is -0.337 e. The number of aromatic nitrogens is 2. The molecule has 0 radical (unpaired) electrons. The number of hydrogen-bond donors (Lipinski definition) is 0. The Bertz CT molecular complexity index is 581. The number of nitrogens with zero attached hydrogens (tertiary/aromatic N) is 3. The van der Waals surface area contributed by atoms with Gasteiger partial charge in [-0.25, -0.2) is 0 Å². The molecule has 0 saturated carbocycles. The first-order valence-electron chi connectivity index (χ1n) is 6.49. The molecule has 7 heteroatoms. The smallest absolute Gasteiger partial charge is 0.267 e. The van der Waals surface area contributed by atoms with E-state index in [0.29, 0.717) is 10.1 Å². The van der Waals surface area contributed by atoms with E-state index in [0.717, 1.165) is 31.0 Å². The van der Waals surface area contributed by atoms with E-state index in [4.69, 9.17) is 0 Å². The molecule has 0 aliphatic carbocycles. The van der Waals surface area contributed by atoms with Crippen molar-refractivity contribution in [1.82, 2.24) is 14.5 Å². The number of amides is 1. The van der Waals surface area contributed by atoms with E-state index in [1.54, 1.807) is 11.3 Å². The summed E-state index contributed by atoms with van der Waals surface area (Å²) in [6, 6.07) is 4.29. The van der Waals surface area contributed by atoms with E-state index in [1.165, 1.54) is 16.4 Å². The monoisotopic (exact) mass is 325 g/mol. The lowest BCUT2D eigenvalue weighted by Gasteiger charge is -2.19. The van der Waals surface area contributed by atoms with Crippen molar-refractivity contribution >= 4 is 40.5 Å². The third kappa shape index (κ3) is 2.89. The van der Waals surface area contributed by atoms with Crippen LogP contribution in [0.15, 0.2) is 17.5 Å². The highest BCUT2D eigenvalue weighted by Crippen LogP contribution is 2.37. The first-order chi connectivity index (χ1) is 9.75. The molecule has 2 aromatic heterocycles. The van der Waals surface area contributed by atoms with Crippen molar-refractivity contribution in [2.45, 2.75) is 18.6 Å². The lowest BCUT2D eigenvalue weighted by Crippen LogP contribution is -2.32. The van der Waals surface area contributed by atoms with Gasteiger partial charge in [0, 0.05) is 29.0 Å². The summed E-state index contributed by atoms with van der Waals surface area (Å²) in [6.07, 6.45) is 1.02. The van der Waals surface area contributed by atoms with Crippen LogP contribution < -0.4 is 0 Å². The van der Waals surface area contributed by atoms with Crippen molar-refractivity contribution in [2.24, 2.45) is 0 Å². The Balaban J connectivity index is 1.68. The molecule has 1 saturated heterocycles. The van der Waals surface area contributed by atoms with Crippen LogP contribution in [0.4, 0.5) is 0 Å². The van der Waals surface area contributed by atoms with Crippen LogP contribution in [-0.4, -0.2) is 39.2 Å². The lowest BCUT2D eigenvalue weighted by atomic mass is 10.2. The summed E-state index contributed by atoms with van der Waals surface area (Å²) in [4.78, 5) is 16.5. The Morgan fingerprint density at radius 3 is 3.05 bits per heavy atom. The lowest BCUT2D eigenvalue weighted by molar-refractivity contribution is 0.0770. The van der Waals surface area contributed by atoms with E-state index in [-0.39, 0.29) is 5.91 Å². The van der Waals surface area contributed by atoms with E-state index < -0.39 is 0 Å². The van der Waals surface area contributed by atoms with Crippen molar-refractivity contribution in [3.63, 3.8) is 0 Å². The van der Waals surface area contributed by atoms with Crippen LogP contribution in [0.1, 0.15) is 31.9 Å². The highest BCUT2D eigenvalue weighted by atomic mass is 32.2. The molecule has 2 aromatic rings. The number of rotatable bonds is 2. The number of thiophene rings is 1. The number of hydrogen-bond acceptors (Lipinski definition) is 6. The summed E-state index contributed by atoms with van der Waals surface area (Å²) < 4.78 is 3.86. The van der Waals surface area contributed by atoms with Crippen molar-refractivity contribution in [2.75, 3.05) is 18.8 Å². The van der Waals surface area contributed by atoms with Gasteiger partial charge < -0.3 is 4.90 Å². The summed E-state index contributed by atoms with van der Waals surface area (Å²) in [5.41, 5.74) is 0.742. The average molecular weight is 325 g/mol. The maximum absolute atomic E-state index is 12.5. The maximum Gasteiger partial charge on any atom is 0.267 e. The molecule has 0 N–H and O–H groups in total. The summed E-state index contributed by atoms with van der Waals surface area (Å²) >= 11 is 4.96. The molecule has 1 aliphatic rings.